The quantitative estimate of drug-likeness (QED) is 0.702. The first-order valence-corrected chi connectivity index (χ1v) is 9.58. The van der Waals surface area contributed by atoms with Gasteiger partial charge in [-0.2, -0.15) is 0 Å². The van der Waals surface area contributed by atoms with E-state index in [9.17, 15) is 9.59 Å². The summed E-state index contributed by atoms with van der Waals surface area (Å²) in [5.74, 6) is 0.0171. The summed E-state index contributed by atoms with van der Waals surface area (Å²) in [6.45, 7) is 1.06. The van der Waals surface area contributed by atoms with Crippen LogP contribution >= 0.6 is 15.9 Å². The minimum absolute atomic E-state index is 0.0648. The maximum Gasteiger partial charge on any atom is 0.262 e. The molecular formula is C20H21BrN2O4. The van der Waals surface area contributed by atoms with E-state index in [0.717, 1.165) is 23.9 Å². The molecule has 0 aliphatic carbocycles. The summed E-state index contributed by atoms with van der Waals surface area (Å²) < 4.78 is 11.9. The van der Waals surface area contributed by atoms with E-state index in [2.05, 4.69) is 26.6 Å². The smallest absolute Gasteiger partial charge is 0.262 e. The maximum atomic E-state index is 12.5. The predicted molar refractivity (Wildman–Crippen MR) is 106 cm³/mol. The highest BCUT2D eigenvalue weighted by Gasteiger charge is 2.18. The number of benzene rings is 2. The van der Waals surface area contributed by atoms with Crippen molar-refractivity contribution < 1.29 is 19.1 Å². The molecule has 0 saturated carbocycles. The van der Waals surface area contributed by atoms with E-state index in [-0.39, 0.29) is 24.5 Å². The second kappa shape index (κ2) is 9.53. The Morgan fingerprint density at radius 3 is 2.67 bits per heavy atom. The highest BCUT2D eigenvalue weighted by molar-refractivity contribution is 9.10. The SMILES string of the molecule is O=C(COc1ccc(Br)cc1)Nc1ccccc1C(=O)NC[C@@H]1CCCO1. The van der Waals surface area contributed by atoms with E-state index in [0.29, 0.717) is 23.5 Å². The van der Waals surface area contributed by atoms with Gasteiger partial charge in [-0.3, -0.25) is 9.59 Å². The molecule has 0 spiro atoms. The van der Waals surface area contributed by atoms with Gasteiger partial charge in [-0.25, -0.2) is 0 Å². The standard InChI is InChI=1S/C20H21BrN2O4/c21-14-7-9-15(10-8-14)27-13-19(24)23-18-6-2-1-5-17(18)20(25)22-12-16-4-3-11-26-16/h1-2,5-10,16H,3-4,11-13H2,(H,22,25)(H,23,24)/t16-/m0/s1. The van der Waals surface area contributed by atoms with Gasteiger partial charge < -0.3 is 20.1 Å². The molecule has 1 heterocycles. The fraction of sp³-hybridized carbons (Fsp3) is 0.300. The van der Waals surface area contributed by atoms with Crippen molar-refractivity contribution in [1.82, 2.24) is 5.32 Å². The molecule has 2 amide bonds. The van der Waals surface area contributed by atoms with Gasteiger partial charge in [-0.15, -0.1) is 0 Å². The second-order valence-corrected chi connectivity index (χ2v) is 7.10. The lowest BCUT2D eigenvalue weighted by atomic mass is 10.1. The average Bonchev–Trinajstić information content (AvgIpc) is 3.20. The van der Waals surface area contributed by atoms with Crippen LogP contribution in [0.1, 0.15) is 23.2 Å². The minimum atomic E-state index is -0.336. The first-order chi connectivity index (χ1) is 13.1. The van der Waals surface area contributed by atoms with Crippen LogP contribution in [0.4, 0.5) is 5.69 Å². The lowest BCUT2D eigenvalue weighted by molar-refractivity contribution is -0.118. The zero-order chi connectivity index (χ0) is 19.1. The van der Waals surface area contributed by atoms with E-state index in [1.54, 1.807) is 36.4 Å². The molecule has 1 aliphatic heterocycles. The molecule has 0 aromatic heterocycles. The molecule has 2 aromatic rings. The molecule has 1 atom stereocenters. The van der Waals surface area contributed by atoms with Gasteiger partial charge in [-0.05, 0) is 49.2 Å². The number of halogens is 1. The lowest BCUT2D eigenvalue weighted by Gasteiger charge is -2.14. The van der Waals surface area contributed by atoms with Gasteiger partial charge >= 0.3 is 0 Å². The minimum Gasteiger partial charge on any atom is -0.484 e. The van der Waals surface area contributed by atoms with Crippen LogP contribution in [0, 0.1) is 0 Å². The highest BCUT2D eigenvalue weighted by atomic mass is 79.9. The first-order valence-electron chi connectivity index (χ1n) is 8.79. The summed E-state index contributed by atoms with van der Waals surface area (Å²) in [7, 11) is 0. The van der Waals surface area contributed by atoms with Gasteiger partial charge in [0, 0.05) is 17.6 Å². The molecule has 0 bridgehead atoms. The van der Waals surface area contributed by atoms with Crippen LogP contribution in [-0.4, -0.2) is 37.7 Å². The molecule has 1 saturated heterocycles. The van der Waals surface area contributed by atoms with Gasteiger partial charge in [0.05, 0.1) is 17.4 Å². The van der Waals surface area contributed by atoms with Crippen molar-refractivity contribution in [2.24, 2.45) is 0 Å². The van der Waals surface area contributed by atoms with E-state index in [1.165, 1.54) is 0 Å². The van der Waals surface area contributed by atoms with Crippen molar-refractivity contribution in [1.29, 1.82) is 0 Å². The Morgan fingerprint density at radius 1 is 1.15 bits per heavy atom. The van der Waals surface area contributed by atoms with E-state index < -0.39 is 0 Å². The third kappa shape index (κ3) is 5.80. The van der Waals surface area contributed by atoms with E-state index in [4.69, 9.17) is 9.47 Å². The van der Waals surface area contributed by atoms with Gasteiger partial charge in [0.15, 0.2) is 6.61 Å². The second-order valence-electron chi connectivity index (χ2n) is 6.18. The Balaban J connectivity index is 1.55. The zero-order valence-corrected chi connectivity index (χ0v) is 16.3. The fourth-order valence-electron chi connectivity index (χ4n) is 2.76. The molecule has 142 valence electrons. The molecule has 0 radical (unpaired) electrons. The fourth-order valence-corrected chi connectivity index (χ4v) is 3.03. The number of anilines is 1. The van der Waals surface area contributed by atoms with Crippen molar-refractivity contribution >= 4 is 33.4 Å². The number of hydrogen-bond donors (Lipinski definition) is 2. The zero-order valence-electron chi connectivity index (χ0n) is 14.7. The summed E-state index contributed by atoms with van der Waals surface area (Å²) >= 11 is 3.34. The van der Waals surface area contributed by atoms with Crippen molar-refractivity contribution in [3.05, 3.63) is 58.6 Å². The molecule has 1 fully saturated rings. The number of para-hydroxylation sites is 1. The summed E-state index contributed by atoms with van der Waals surface area (Å²) in [5.41, 5.74) is 0.860. The summed E-state index contributed by atoms with van der Waals surface area (Å²) in [5, 5.41) is 5.60. The lowest BCUT2D eigenvalue weighted by Crippen LogP contribution is -2.32. The monoisotopic (exact) mass is 432 g/mol. The normalized spacial score (nSPS) is 16.0. The van der Waals surface area contributed by atoms with Crippen LogP contribution in [0.2, 0.25) is 0 Å². The van der Waals surface area contributed by atoms with Crippen LogP contribution in [0.3, 0.4) is 0 Å². The number of nitrogens with one attached hydrogen (secondary N) is 2. The van der Waals surface area contributed by atoms with Gasteiger partial charge in [0.25, 0.3) is 11.8 Å². The van der Waals surface area contributed by atoms with Crippen molar-refractivity contribution in [2.45, 2.75) is 18.9 Å². The molecule has 2 N–H and O–H groups in total. The molecule has 1 aliphatic rings. The molecule has 7 heteroatoms. The molecule has 3 rings (SSSR count). The summed E-state index contributed by atoms with van der Waals surface area (Å²) in [6, 6.07) is 14.1. The van der Waals surface area contributed by atoms with Crippen LogP contribution in [0.25, 0.3) is 0 Å². The van der Waals surface area contributed by atoms with Crippen LogP contribution in [0.15, 0.2) is 53.0 Å². The maximum absolute atomic E-state index is 12.5. The van der Waals surface area contributed by atoms with Gasteiger partial charge in [-0.1, -0.05) is 28.1 Å². The highest BCUT2D eigenvalue weighted by Crippen LogP contribution is 2.18. The number of hydrogen-bond acceptors (Lipinski definition) is 4. The molecule has 6 nitrogen and oxygen atoms in total. The van der Waals surface area contributed by atoms with Crippen molar-refractivity contribution in [3.63, 3.8) is 0 Å². The number of carbonyl (C=O) groups excluding carboxylic acids is 2. The van der Waals surface area contributed by atoms with Crippen LogP contribution < -0.4 is 15.4 Å². The van der Waals surface area contributed by atoms with Crippen LogP contribution in [-0.2, 0) is 9.53 Å². The Kier molecular flexibility index (Phi) is 6.84. The van der Waals surface area contributed by atoms with E-state index in [1.807, 2.05) is 12.1 Å². The topological polar surface area (TPSA) is 76.7 Å². The van der Waals surface area contributed by atoms with Crippen molar-refractivity contribution in [2.75, 3.05) is 25.1 Å². The number of ether oxygens (including phenoxy) is 2. The molecular weight excluding hydrogens is 412 g/mol. The van der Waals surface area contributed by atoms with E-state index >= 15 is 0 Å². The number of rotatable bonds is 7. The van der Waals surface area contributed by atoms with Crippen LogP contribution in [0.5, 0.6) is 5.75 Å². The Labute approximate surface area is 166 Å². The number of amides is 2. The third-order valence-corrected chi connectivity index (χ3v) is 4.67. The first kappa shape index (κ1) is 19.4. The predicted octanol–water partition coefficient (Wildman–Crippen LogP) is 3.38. The van der Waals surface area contributed by atoms with Gasteiger partial charge in [0.1, 0.15) is 5.75 Å². The Bertz CT molecular complexity index is 789. The Morgan fingerprint density at radius 2 is 1.93 bits per heavy atom. The van der Waals surface area contributed by atoms with Gasteiger partial charge in [0.2, 0.25) is 0 Å². The average molecular weight is 433 g/mol. The molecule has 0 unspecified atom stereocenters. The van der Waals surface area contributed by atoms with Crippen molar-refractivity contribution in [3.8, 4) is 5.75 Å². The third-order valence-electron chi connectivity index (χ3n) is 4.14. The summed E-state index contributed by atoms with van der Waals surface area (Å²) in [6.07, 6.45) is 2.03. The Hall–Kier alpha value is -2.38. The molecule has 2 aromatic carbocycles. The summed E-state index contributed by atoms with van der Waals surface area (Å²) in [4.78, 5) is 24.7. The number of carbonyl (C=O) groups is 2. The largest absolute Gasteiger partial charge is 0.484 e. The molecule has 27 heavy (non-hydrogen) atoms.